The summed E-state index contributed by atoms with van der Waals surface area (Å²) in [6, 6.07) is 0. The third kappa shape index (κ3) is 4.61. The van der Waals surface area contributed by atoms with Crippen LogP contribution in [0.1, 0.15) is 6.92 Å². The van der Waals surface area contributed by atoms with Crippen LogP contribution in [0.25, 0.3) is 0 Å². The molecule has 0 radical (unpaired) electrons. The number of allylic oxidation sites excluding steroid dienone is 3. The molecule has 0 heterocycles. The fourth-order valence-corrected chi connectivity index (χ4v) is 0.834. The van der Waals surface area contributed by atoms with Gasteiger partial charge in [-0.1, -0.05) is 13.0 Å². The Morgan fingerprint density at radius 3 is 2.21 bits per heavy atom. The van der Waals surface area contributed by atoms with Gasteiger partial charge in [-0.2, -0.15) is 13.2 Å². The summed E-state index contributed by atoms with van der Waals surface area (Å²) < 4.78 is 49.3. The topological polar surface area (TPSA) is 26.0 Å². The number of hydrogen-bond donors (Lipinski definition) is 1. The Kier molecular flexibility index (Phi) is 5.13. The Bertz CT molecular complexity index is 232. The van der Waals surface area contributed by atoms with E-state index in [9.17, 15) is 17.6 Å². The van der Waals surface area contributed by atoms with Crippen molar-refractivity contribution < 1.29 is 17.6 Å². The summed E-state index contributed by atoms with van der Waals surface area (Å²) >= 11 is 0. The second-order valence-electron chi connectivity index (χ2n) is 2.78. The van der Waals surface area contributed by atoms with Gasteiger partial charge in [0.2, 0.25) is 0 Å². The Hall–Kier alpha value is -0.570. The van der Waals surface area contributed by atoms with E-state index in [1.54, 1.807) is 9.24 Å². The number of halogens is 4. The van der Waals surface area contributed by atoms with Gasteiger partial charge in [0.15, 0.2) is 0 Å². The van der Waals surface area contributed by atoms with Gasteiger partial charge in [0.25, 0.3) is 0 Å². The van der Waals surface area contributed by atoms with Crippen molar-refractivity contribution >= 4 is 9.24 Å². The smallest absolute Gasteiger partial charge is 0.405 e. The molecule has 0 aromatic rings. The predicted molar refractivity (Wildman–Crippen MR) is 51.2 cm³/mol. The molecule has 2 N–H and O–H groups in total. The molecule has 0 aliphatic carbocycles. The molecular formula is C8H12F4NP. The van der Waals surface area contributed by atoms with Crippen molar-refractivity contribution in [3.05, 3.63) is 23.9 Å². The molecular weight excluding hydrogens is 217 g/mol. The number of rotatable bonds is 3. The Morgan fingerprint density at radius 1 is 1.43 bits per heavy atom. The van der Waals surface area contributed by atoms with Gasteiger partial charge in [-0.05, 0) is 12.3 Å². The van der Waals surface area contributed by atoms with Crippen LogP contribution in [0.4, 0.5) is 17.6 Å². The minimum atomic E-state index is -4.50. The van der Waals surface area contributed by atoms with Gasteiger partial charge in [0.1, 0.15) is 5.91 Å². The summed E-state index contributed by atoms with van der Waals surface area (Å²) in [7, 11) is 1.81. The van der Waals surface area contributed by atoms with E-state index in [4.69, 9.17) is 5.73 Å². The van der Waals surface area contributed by atoms with E-state index in [-0.39, 0.29) is 0 Å². The van der Waals surface area contributed by atoms with Crippen LogP contribution in [0.15, 0.2) is 23.9 Å². The number of alkyl halides is 4. The summed E-state index contributed by atoms with van der Waals surface area (Å²) in [5.74, 6) is -2.23. The molecule has 0 saturated heterocycles. The third-order valence-electron chi connectivity index (χ3n) is 1.55. The normalized spacial score (nSPS) is 18.6. The highest BCUT2D eigenvalue weighted by molar-refractivity contribution is 7.17. The number of nitrogens with two attached hydrogens (primary N) is 1. The van der Waals surface area contributed by atoms with E-state index >= 15 is 0 Å². The van der Waals surface area contributed by atoms with Gasteiger partial charge in [0.05, 0.1) is 5.57 Å². The minimum absolute atomic E-state index is 0.712. The zero-order valence-electron chi connectivity index (χ0n) is 7.55. The fourth-order valence-electron chi connectivity index (χ4n) is 0.723. The molecule has 0 bridgehead atoms. The lowest BCUT2D eigenvalue weighted by Gasteiger charge is -2.12. The van der Waals surface area contributed by atoms with Gasteiger partial charge in [-0.15, -0.1) is 9.24 Å². The van der Waals surface area contributed by atoms with Crippen LogP contribution < -0.4 is 5.73 Å². The van der Waals surface area contributed by atoms with E-state index < -0.39 is 23.6 Å². The van der Waals surface area contributed by atoms with Crippen molar-refractivity contribution in [2.45, 2.75) is 19.0 Å². The van der Waals surface area contributed by atoms with Crippen LogP contribution in [-0.4, -0.2) is 12.1 Å². The lowest BCUT2D eigenvalue weighted by molar-refractivity contribution is -0.0887. The minimum Gasteiger partial charge on any atom is -0.405 e. The van der Waals surface area contributed by atoms with Crippen LogP contribution >= 0.6 is 9.24 Å². The summed E-state index contributed by atoms with van der Waals surface area (Å²) in [5.41, 5.74) is 3.92. The van der Waals surface area contributed by atoms with Crippen molar-refractivity contribution in [2.24, 2.45) is 11.7 Å². The highest BCUT2D eigenvalue weighted by Gasteiger charge is 2.32. The largest absolute Gasteiger partial charge is 0.416 e. The Labute approximate surface area is 82.2 Å². The highest BCUT2D eigenvalue weighted by Crippen LogP contribution is 2.29. The molecule has 14 heavy (non-hydrogen) atoms. The van der Waals surface area contributed by atoms with E-state index in [1.165, 1.54) is 6.92 Å². The maximum Gasteiger partial charge on any atom is 0.416 e. The zero-order valence-corrected chi connectivity index (χ0v) is 8.71. The second kappa shape index (κ2) is 5.35. The molecule has 1 nitrogen and oxygen atoms in total. The van der Waals surface area contributed by atoms with Crippen LogP contribution in [0, 0.1) is 5.92 Å². The molecule has 0 spiro atoms. The quantitative estimate of drug-likeness (QED) is 0.449. The predicted octanol–water partition coefficient (Wildman–Crippen LogP) is 2.75. The van der Waals surface area contributed by atoms with Crippen molar-refractivity contribution in [2.75, 3.05) is 0 Å². The van der Waals surface area contributed by atoms with Crippen LogP contribution in [0.3, 0.4) is 0 Å². The molecule has 82 valence electrons. The molecule has 6 heteroatoms. The van der Waals surface area contributed by atoms with Crippen molar-refractivity contribution in [3.8, 4) is 0 Å². The third-order valence-corrected chi connectivity index (χ3v) is 2.15. The molecule has 0 aliphatic heterocycles. The van der Waals surface area contributed by atoms with Crippen molar-refractivity contribution in [3.63, 3.8) is 0 Å². The first-order chi connectivity index (χ1) is 6.29. The first kappa shape index (κ1) is 13.4. The van der Waals surface area contributed by atoms with E-state index in [1.807, 2.05) is 0 Å². The lowest BCUT2D eigenvalue weighted by atomic mass is 10.1. The first-order valence-corrected chi connectivity index (χ1v) is 4.52. The number of hydrogen-bond acceptors (Lipinski definition) is 1. The van der Waals surface area contributed by atoms with Crippen molar-refractivity contribution in [1.82, 2.24) is 0 Å². The monoisotopic (exact) mass is 229 g/mol. The van der Waals surface area contributed by atoms with Crippen LogP contribution in [0.5, 0.6) is 0 Å². The standard InChI is InChI=1S/C8H12F4NP/c1-5(7(9)14)4-6(2-3-13)8(10,11)12/h2-5,7H,13-14H2,1H3/b3-2-,6-4+. The van der Waals surface area contributed by atoms with E-state index in [2.05, 4.69) is 0 Å². The molecule has 0 saturated carbocycles. The molecule has 0 rings (SSSR count). The van der Waals surface area contributed by atoms with E-state index in [0.717, 1.165) is 12.3 Å². The fraction of sp³-hybridized carbons (Fsp3) is 0.500. The summed E-state index contributed by atoms with van der Waals surface area (Å²) in [5, 5.41) is 0. The van der Waals surface area contributed by atoms with Gasteiger partial charge < -0.3 is 5.73 Å². The highest BCUT2D eigenvalue weighted by atomic mass is 31.0. The molecule has 3 atom stereocenters. The Morgan fingerprint density at radius 2 is 1.93 bits per heavy atom. The summed E-state index contributed by atoms with van der Waals surface area (Å²) in [6.07, 6.45) is -2.20. The van der Waals surface area contributed by atoms with Crippen molar-refractivity contribution in [1.29, 1.82) is 0 Å². The molecule has 0 aliphatic rings. The summed E-state index contributed by atoms with van der Waals surface area (Å²) in [6.45, 7) is 1.35. The van der Waals surface area contributed by atoms with E-state index in [0.29, 0.717) is 6.08 Å². The first-order valence-electron chi connectivity index (χ1n) is 3.86. The lowest BCUT2D eigenvalue weighted by Crippen LogP contribution is -2.13. The SMILES string of the molecule is CC(/C=C(\C=C/N)C(F)(F)F)C(F)P. The second-order valence-corrected chi connectivity index (χ2v) is 3.42. The molecule has 0 fully saturated rings. The average Bonchev–Trinajstić information content (AvgIpc) is 2.01. The average molecular weight is 229 g/mol. The van der Waals surface area contributed by atoms with Gasteiger partial charge in [0, 0.05) is 5.92 Å². The van der Waals surface area contributed by atoms with Gasteiger partial charge in [-0.25, -0.2) is 4.39 Å². The maximum atomic E-state index is 12.6. The molecule has 0 amide bonds. The van der Waals surface area contributed by atoms with Gasteiger partial charge >= 0.3 is 6.18 Å². The van der Waals surface area contributed by atoms with Crippen LogP contribution in [0.2, 0.25) is 0 Å². The summed E-state index contributed by atoms with van der Waals surface area (Å²) in [4.78, 5) is 0. The zero-order chi connectivity index (χ0) is 11.4. The molecule has 0 aromatic heterocycles. The maximum absolute atomic E-state index is 12.6. The molecule has 0 aromatic carbocycles. The molecule has 3 unspecified atom stereocenters. The Balaban J connectivity index is 4.83. The van der Waals surface area contributed by atoms with Gasteiger partial charge in [-0.3, -0.25) is 0 Å². The van der Waals surface area contributed by atoms with Crippen LogP contribution in [-0.2, 0) is 0 Å².